The van der Waals surface area contributed by atoms with Crippen LogP contribution in [0.4, 0.5) is 5.82 Å². The van der Waals surface area contributed by atoms with E-state index in [-0.39, 0.29) is 11.1 Å². The first-order valence-corrected chi connectivity index (χ1v) is 6.04. The van der Waals surface area contributed by atoms with E-state index in [1.165, 1.54) is 0 Å². The van der Waals surface area contributed by atoms with Gasteiger partial charge in [-0.2, -0.15) is 0 Å². The summed E-state index contributed by atoms with van der Waals surface area (Å²) in [6.07, 6.45) is 4.45. The standard InChI is InChI=1S/C12H20N4O/c1-12(2,3)16-7-6-14-10(11(16)17)15-9-4-5-13-8-9/h6-7,9,13H,4-5,8H2,1-3H3,(H,14,15). The summed E-state index contributed by atoms with van der Waals surface area (Å²) in [7, 11) is 0. The molecule has 0 aromatic carbocycles. The highest BCUT2D eigenvalue weighted by Crippen LogP contribution is 2.11. The molecule has 0 radical (unpaired) electrons. The lowest BCUT2D eigenvalue weighted by Gasteiger charge is -2.23. The molecule has 1 atom stereocenters. The van der Waals surface area contributed by atoms with Gasteiger partial charge < -0.3 is 15.2 Å². The van der Waals surface area contributed by atoms with Gasteiger partial charge in [-0.1, -0.05) is 0 Å². The monoisotopic (exact) mass is 236 g/mol. The average molecular weight is 236 g/mol. The number of anilines is 1. The van der Waals surface area contributed by atoms with Crippen LogP contribution in [0.2, 0.25) is 0 Å². The molecule has 1 aliphatic heterocycles. The number of hydrogen-bond donors (Lipinski definition) is 2. The van der Waals surface area contributed by atoms with E-state index in [4.69, 9.17) is 0 Å². The Balaban J connectivity index is 2.26. The minimum absolute atomic E-state index is 0.0492. The van der Waals surface area contributed by atoms with Crippen molar-refractivity contribution in [2.24, 2.45) is 0 Å². The van der Waals surface area contributed by atoms with Gasteiger partial charge in [-0.3, -0.25) is 4.79 Å². The Kier molecular flexibility index (Phi) is 3.19. The molecule has 0 spiro atoms. The Bertz CT molecular complexity index is 441. The van der Waals surface area contributed by atoms with Gasteiger partial charge in [0.15, 0.2) is 5.82 Å². The van der Waals surface area contributed by atoms with Gasteiger partial charge in [-0.05, 0) is 33.7 Å². The van der Waals surface area contributed by atoms with E-state index in [1.54, 1.807) is 17.0 Å². The second-order valence-electron chi connectivity index (χ2n) is 5.46. The van der Waals surface area contributed by atoms with Crippen LogP contribution in [-0.2, 0) is 5.54 Å². The summed E-state index contributed by atoms with van der Waals surface area (Å²) in [4.78, 5) is 16.4. The molecule has 1 unspecified atom stereocenters. The molecule has 1 aromatic rings. The van der Waals surface area contributed by atoms with Gasteiger partial charge in [0.25, 0.3) is 5.56 Å². The summed E-state index contributed by atoms with van der Waals surface area (Å²) in [5.74, 6) is 0.455. The molecule has 0 amide bonds. The minimum Gasteiger partial charge on any atom is -0.361 e. The number of hydrogen-bond acceptors (Lipinski definition) is 4. The van der Waals surface area contributed by atoms with Crippen LogP contribution < -0.4 is 16.2 Å². The molecule has 1 aliphatic rings. The Hall–Kier alpha value is -1.36. The van der Waals surface area contributed by atoms with Crippen LogP contribution in [0.3, 0.4) is 0 Å². The van der Waals surface area contributed by atoms with Crippen molar-refractivity contribution in [2.45, 2.75) is 38.8 Å². The van der Waals surface area contributed by atoms with Crippen molar-refractivity contribution in [1.82, 2.24) is 14.9 Å². The molecular weight excluding hydrogens is 216 g/mol. The van der Waals surface area contributed by atoms with Gasteiger partial charge in [-0.25, -0.2) is 4.98 Å². The van der Waals surface area contributed by atoms with Crippen LogP contribution in [0.25, 0.3) is 0 Å². The largest absolute Gasteiger partial charge is 0.361 e. The summed E-state index contributed by atoms with van der Waals surface area (Å²) in [5, 5.41) is 6.47. The van der Waals surface area contributed by atoms with Crippen molar-refractivity contribution in [3.05, 3.63) is 22.7 Å². The molecule has 1 fully saturated rings. The van der Waals surface area contributed by atoms with Gasteiger partial charge >= 0.3 is 0 Å². The molecule has 94 valence electrons. The van der Waals surface area contributed by atoms with Gasteiger partial charge in [0.2, 0.25) is 0 Å². The molecule has 2 N–H and O–H groups in total. The fraction of sp³-hybridized carbons (Fsp3) is 0.667. The molecule has 0 saturated carbocycles. The average Bonchev–Trinajstić information content (AvgIpc) is 2.72. The third-order valence-corrected chi connectivity index (χ3v) is 2.96. The normalized spacial score (nSPS) is 20.5. The molecule has 2 heterocycles. The number of nitrogens with zero attached hydrogens (tertiary/aromatic N) is 2. The lowest BCUT2D eigenvalue weighted by Crippen LogP contribution is -2.37. The van der Waals surface area contributed by atoms with Crippen LogP contribution in [0.1, 0.15) is 27.2 Å². The third-order valence-electron chi connectivity index (χ3n) is 2.96. The maximum Gasteiger partial charge on any atom is 0.293 e. The zero-order valence-corrected chi connectivity index (χ0v) is 10.7. The Morgan fingerprint density at radius 2 is 2.29 bits per heavy atom. The van der Waals surface area contributed by atoms with E-state index in [0.29, 0.717) is 11.9 Å². The molecule has 5 heteroatoms. The summed E-state index contributed by atoms with van der Waals surface area (Å²) in [6, 6.07) is 0.311. The van der Waals surface area contributed by atoms with Crippen molar-refractivity contribution in [3.8, 4) is 0 Å². The summed E-state index contributed by atoms with van der Waals surface area (Å²) in [5.41, 5.74) is -0.267. The predicted molar refractivity (Wildman–Crippen MR) is 68.4 cm³/mol. The topological polar surface area (TPSA) is 59.0 Å². The molecular formula is C12H20N4O. The molecule has 17 heavy (non-hydrogen) atoms. The lowest BCUT2D eigenvalue weighted by atomic mass is 10.1. The molecule has 0 aliphatic carbocycles. The maximum absolute atomic E-state index is 12.2. The van der Waals surface area contributed by atoms with Gasteiger partial charge in [-0.15, -0.1) is 0 Å². The fourth-order valence-electron chi connectivity index (χ4n) is 2.01. The van der Waals surface area contributed by atoms with Crippen LogP contribution in [-0.4, -0.2) is 28.7 Å². The van der Waals surface area contributed by atoms with Crippen molar-refractivity contribution < 1.29 is 0 Å². The van der Waals surface area contributed by atoms with E-state index in [9.17, 15) is 4.79 Å². The number of rotatable bonds is 2. The third kappa shape index (κ3) is 2.66. The fourth-order valence-corrected chi connectivity index (χ4v) is 2.01. The first-order chi connectivity index (χ1) is 7.98. The lowest BCUT2D eigenvalue weighted by molar-refractivity contribution is 0.383. The Morgan fingerprint density at radius 1 is 1.53 bits per heavy atom. The quantitative estimate of drug-likeness (QED) is 0.796. The van der Waals surface area contributed by atoms with E-state index in [0.717, 1.165) is 19.5 Å². The highest BCUT2D eigenvalue weighted by atomic mass is 16.1. The zero-order valence-electron chi connectivity index (χ0n) is 10.7. The van der Waals surface area contributed by atoms with Gasteiger partial charge in [0, 0.05) is 30.5 Å². The minimum atomic E-state index is -0.218. The van der Waals surface area contributed by atoms with Crippen LogP contribution in [0, 0.1) is 0 Å². The zero-order chi connectivity index (χ0) is 12.5. The van der Waals surface area contributed by atoms with Crippen LogP contribution in [0.15, 0.2) is 17.2 Å². The molecule has 5 nitrogen and oxygen atoms in total. The smallest absolute Gasteiger partial charge is 0.293 e. The first kappa shape index (κ1) is 12.1. The Labute approximate surface area is 101 Å². The van der Waals surface area contributed by atoms with Crippen molar-refractivity contribution in [2.75, 3.05) is 18.4 Å². The van der Waals surface area contributed by atoms with Crippen LogP contribution >= 0.6 is 0 Å². The molecule has 2 rings (SSSR count). The summed E-state index contributed by atoms with van der Waals surface area (Å²) < 4.78 is 1.71. The van der Waals surface area contributed by atoms with Crippen LogP contribution in [0.5, 0.6) is 0 Å². The molecule has 1 saturated heterocycles. The highest BCUT2D eigenvalue weighted by Gasteiger charge is 2.19. The van der Waals surface area contributed by atoms with Gasteiger partial charge in [0.05, 0.1) is 0 Å². The van der Waals surface area contributed by atoms with E-state index in [2.05, 4.69) is 15.6 Å². The summed E-state index contributed by atoms with van der Waals surface area (Å²) in [6.45, 7) is 7.92. The summed E-state index contributed by atoms with van der Waals surface area (Å²) >= 11 is 0. The van der Waals surface area contributed by atoms with Gasteiger partial charge in [0.1, 0.15) is 0 Å². The van der Waals surface area contributed by atoms with Crippen molar-refractivity contribution >= 4 is 5.82 Å². The Morgan fingerprint density at radius 3 is 2.88 bits per heavy atom. The second-order valence-corrected chi connectivity index (χ2v) is 5.46. The van der Waals surface area contributed by atoms with E-state index in [1.807, 2.05) is 20.8 Å². The highest BCUT2D eigenvalue weighted by molar-refractivity contribution is 5.33. The van der Waals surface area contributed by atoms with Crippen molar-refractivity contribution in [1.29, 1.82) is 0 Å². The van der Waals surface area contributed by atoms with E-state index < -0.39 is 0 Å². The SMILES string of the molecule is CC(C)(C)n1ccnc(NC2CCNC2)c1=O. The molecule has 1 aromatic heterocycles. The number of aromatic nitrogens is 2. The number of nitrogens with one attached hydrogen (secondary N) is 2. The first-order valence-electron chi connectivity index (χ1n) is 6.04. The molecule has 0 bridgehead atoms. The maximum atomic E-state index is 12.2. The van der Waals surface area contributed by atoms with E-state index >= 15 is 0 Å². The second kappa shape index (κ2) is 4.49. The van der Waals surface area contributed by atoms with Crippen molar-refractivity contribution in [3.63, 3.8) is 0 Å². The predicted octanol–water partition coefficient (Wildman–Crippen LogP) is 0.772.